The van der Waals surface area contributed by atoms with Crippen LogP contribution in [0.2, 0.25) is 0 Å². The zero-order chi connectivity index (χ0) is 35.7. The lowest BCUT2D eigenvalue weighted by atomic mass is 10.1. The van der Waals surface area contributed by atoms with Crippen molar-refractivity contribution in [2.45, 2.75) is 96.6 Å². The highest BCUT2D eigenvalue weighted by Gasteiger charge is 2.25. The van der Waals surface area contributed by atoms with Crippen LogP contribution in [0.4, 0.5) is 0 Å². The largest absolute Gasteiger partial charge is 0.544 e. The van der Waals surface area contributed by atoms with Crippen molar-refractivity contribution < 1.29 is 38.2 Å². The average molecular weight is 668 g/mol. The minimum atomic E-state index is -1.15. The van der Waals surface area contributed by atoms with Gasteiger partial charge in [0.1, 0.15) is 12.6 Å². The Morgan fingerprint density at radius 3 is 1.75 bits per heavy atom. The second kappa shape index (κ2) is 30.6. The van der Waals surface area contributed by atoms with Crippen LogP contribution >= 0.6 is 0 Å². The number of hydrogen-bond acceptors (Lipinski definition) is 7. The second-order valence-electron chi connectivity index (χ2n) is 12.1. The average Bonchev–Trinajstić information content (AvgIpc) is 3.03. The number of aliphatic carboxylic acids is 1. The molecule has 0 aliphatic heterocycles. The van der Waals surface area contributed by atoms with Gasteiger partial charge in [-0.15, -0.1) is 0 Å². The molecule has 0 aliphatic carbocycles. The lowest BCUT2D eigenvalue weighted by Crippen LogP contribution is -2.55. The van der Waals surface area contributed by atoms with Crippen molar-refractivity contribution in [3.05, 3.63) is 97.2 Å². The first kappa shape index (κ1) is 44.2. The number of carboxylic acid groups (broad SMARTS) is 1. The quantitative estimate of drug-likeness (QED) is 0.0289. The Morgan fingerprint density at radius 1 is 0.646 bits per heavy atom. The van der Waals surface area contributed by atoms with Crippen molar-refractivity contribution >= 4 is 17.9 Å². The molecule has 0 spiro atoms. The normalized spacial score (nSPS) is 14.3. The maximum absolute atomic E-state index is 12.6. The third-order valence-corrected chi connectivity index (χ3v) is 6.84. The summed E-state index contributed by atoms with van der Waals surface area (Å²) < 4.78 is 16.9. The smallest absolute Gasteiger partial charge is 0.306 e. The molecule has 0 aromatic rings. The molecule has 0 amide bonds. The molecule has 0 saturated carbocycles. The third-order valence-electron chi connectivity index (χ3n) is 6.84. The van der Waals surface area contributed by atoms with Gasteiger partial charge in [-0.1, -0.05) is 111 Å². The predicted octanol–water partition coefficient (Wildman–Crippen LogP) is 7.06. The molecule has 0 N–H and O–H groups in total. The summed E-state index contributed by atoms with van der Waals surface area (Å²) >= 11 is 0. The summed E-state index contributed by atoms with van der Waals surface area (Å²) in [5, 5.41) is 11.5. The lowest BCUT2D eigenvalue weighted by molar-refractivity contribution is -0.889. The highest BCUT2D eigenvalue weighted by molar-refractivity contribution is 5.70. The highest BCUT2D eigenvalue weighted by atomic mass is 16.6. The number of rotatable bonds is 28. The maximum atomic E-state index is 12.6. The molecule has 8 nitrogen and oxygen atoms in total. The van der Waals surface area contributed by atoms with Gasteiger partial charge in [-0.25, -0.2) is 0 Å². The zero-order valence-corrected chi connectivity index (χ0v) is 30.1. The van der Waals surface area contributed by atoms with Crippen LogP contribution in [-0.4, -0.2) is 75.5 Å². The first-order valence-electron chi connectivity index (χ1n) is 17.3. The molecule has 2 unspecified atom stereocenters. The topological polar surface area (TPSA) is 102 Å². The molecule has 0 aromatic carbocycles. The summed E-state index contributed by atoms with van der Waals surface area (Å²) in [6.07, 6.45) is 38.9. The molecule has 0 fully saturated rings. The SMILES string of the molecule is CC/C=C/C=C/C=C/C=C/C=C/CCCC(=O)OC(COCCC(C(=O)[O-])[N+](C)(C)C)COC(=O)CCC/C=C/C/C=C/C/C=C/CC. The van der Waals surface area contributed by atoms with Crippen LogP contribution in [0, 0.1) is 0 Å². The Morgan fingerprint density at radius 2 is 1.17 bits per heavy atom. The van der Waals surface area contributed by atoms with E-state index in [2.05, 4.69) is 56.4 Å². The number of esters is 2. The van der Waals surface area contributed by atoms with Crippen LogP contribution in [0.5, 0.6) is 0 Å². The number of likely N-dealkylation sites (N-methyl/N-ethyl adjacent to an activating group) is 1. The molecule has 268 valence electrons. The van der Waals surface area contributed by atoms with E-state index in [1.165, 1.54) is 0 Å². The first-order valence-corrected chi connectivity index (χ1v) is 17.3. The summed E-state index contributed by atoms with van der Waals surface area (Å²) in [5.41, 5.74) is 0. The Labute approximate surface area is 290 Å². The number of carbonyl (C=O) groups is 3. The van der Waals surface area contributed by atoms with Gasteiger partial charge in [-0.2, -0.15) is 0 Å². The number of nitrogens with zero attached hydrogens (tertiary/aromatic N) is 1. The van der Waals surface area contributed by atoms with Crippen LogP contribution in [0.3, 0.4) is 0 Å². The van der Waals surface area contributed by atoms with Crippen LogP contribution < -0.4 is 5.11 Å². The van der Waals surface area contributed by atoms with E-state index in [1.807, 2.05) is 54.7 Å². The van der Waals surface area contributed by atoms with E-state index in [0.29, 0.717) is 19.3 Å². The molecule has 0 saturated heterocycles. The molecule has 0 bridgehead atoms. The van der Waals surface area contributed by atoms with Crippen molar-refractivity contribution in [3.63, 3.8) is 0 Å². The summed E-state index contributed by atoms with van der Waals surface area (Å²) in [5.74, 6) is -1.93. The number of ether oxygens (including phenoxy) is 3. The third kappa shape index (κ3) is 28.5. The van der Waals surface area contributed by atoms with Crippen LogP contribution in [0.1, 0.15) is 84.5 Å². The molecule has 2 atom stereocenters. The zero-order valence-electron chi connectivity index (χ0n) is 30.1. The molecule has 8 heteroatoms. The van der Waals surface area contributed by atoms with Crippen molar-refractivity contribution in [2.75, 3.05) is 41.0 Å². The van der Waals surface area contributed by atoms with Crippen LogP contribution in [0.15, 0.2) is 97.2 Å². The van der Waals surface area contributed by atoms with Gasteiger partial charge >= 0.3 is 11.9 Å². The number of hydrogen-bond donors (Lipinski definition) is 0. The van der Waals surface area contributed by atoms with Gasteiger partial charge in [-0.05, 0) is 51.4 Å². The molecule has 0 aliphatic rings. The molecular formula is C40H61NO7. The van der Waals surface area contributed by atoms with Gasteiger partial charge in [0.2, 0.25) is 0 Å². The lowest BCUT2D eigenvalue weighted by Gasteiger charge is -2.34. The van der Waals surface area contributed by atoms with Gasteiger partial charge in [-0.3, -0.25) is 9.59 Å². The summed E-state index contributed by atoms with van der Waals surface area (Å²) in [4.78, 5) is 36.5. The molecular weight excluding hydrogens is 606 g/mol. The second-order valence-corrected chi connectivity index (χ2v) is 12.1. The minimum Gasteiger partial charge on any atom is -0.544 e. The summed E-state index contributed by atoms with van der Waals surface area (Å²) in [6.45, 7) is 4.20. The van der Waals surface area contributed by atoms with Gasteiger partial charge in [0.25, 0.3) is 0 Å². The number of carbonyl (C=O) groups excluding carboxylic acids is 3. The van der Waals surface area contributed by atoms with Crippen molar-refractivity contribution in [1.82, 2.24) is 0 Å². The number of quaternary nitrogens is 1. The molecule has 0 aromatic heterocycles. The van der Waals surface area contributed by atoms with Crippen LogP contribution in [0.25, 0.3) is 0 Å². The highest BCUT2D eigenvalue weighted by Crippen LogP contribution is 2.09. The summed E-state index contributed by atoms with van der Waals surface area (Å²) in [7, 11) is 5.33. The Bertz CT molecular complexity index is 1100. The van der Waals surface area contributed by atoms with E-state index in [0.717, 1.165) is 32.1 Å². The van der Waals surface area contributed by atoms with Crippen molar-refractivity contribution in [2.24, 2.45) is 0 Å². The Balaban J connectivity index is 4.72. The Hall–Kier alpha value is -3.75. The van der Waals surface area contributed by atoms with Gasteiger partial charge in [0, 0.05) is 19.3 Å². The van der Waals surface area contributed by atoms with E-state index >= 15 is 0 Å². The van der Waals surface area contributed by atoms with Crippen molar-refractivity contribution in [1.29, 1.82) is 0 Å². The molecule has 48 heavy (non-hydrogen) atoms. The standard InChI is InChI=1S/C40H61NO7/c1-6-8-10-12-14-16-18-19-21-23-25-27-29-31-39(43)48-36(34-46-33-32-37(40(44)45)41(3,4)5)35-47-38(42)30-28-26-24-22-20-17-15-13-11-9-7-2/h8-12,14-19,21-25,36-37H,6-7,13,20,26-35H2,1-5H3/b10-8+,11-9+,14-12+,17-15+,18-16+,21-19+,24-22+,25-23+. The fourth-order valence-corrected chi connectivity index (χ4v) is 4.18. The van der Waals surface area contributed by atoms with E-state index in [4.69, 9.17) is 14.2 Å². The van der Waals surface area contributed by atoms with E-state index in [1.54, 1.807) is 21.1 Å². The number of carboxylic acids is 1. The molecule has 0 rings (SSSR count). The van der Waals surface area contributed by atoms with Crippen molar-refractivity contribution in [3.8, 4) is 0 Å². The number of unbranched alkanes of at least 4 members (excludes halogenated alkanes) is 2. The molecule has 0 heterocycles. The number of allylic oxidation sites excluding steroid dienone is 16. The van der Waals surface area contributed by atoms with E-state index in [-0.39, 0.29) is 49.5 Å². The van der Waals surface area contributed by atoms with E-state index in [9.17, 15) is 19.5 Å². The predicted molar refractivity (Wildman–Crippen MR) is 194 cm³/mol. The van der Waals surface area contributed by atoms with Gasteiger partial charge < -0.3 is 28.6 Å². The Kier molecular flexibility index (Phi) is 28.2. The monoisotopic (exact) mass is 667 g/mol. The van der Waals surface area contributed by atoms with Gasteiger partial charge in [0.05, 0.1) is 40.3 Å². The van der Waals surface area contributed by atoms with Crippen LogP contribution in [-0.2, 0) is 28.6 Å². The van der Waals surface area contributed by atoms with Gasteiger partial charge in [0.15, 0.2) is 6.10 Å². The first-order chi connectivity index (χ1) is 23.1. The van der Waals surface area contributed by atoms with E-state index < -0.39 is 24.1 Å². The maximum Gasteiger partial charge on any atom is 0.306 e. The minimum absolute atomic E-state index is 0.0112. The fourth-order valence-electron chi connectivity index (χ4n) is 4.18. The molecule has 0 radical (unpaired) electrons. The fraction of sp³-hybridized carbons (Fsp3) is 0.525. The summed E-state index contributed by atoms with van der Waals surface area (Å²) in [6, 6.07) is -0.749.